The fourth-order valence-corrected chi connectivity index (χ4v) is 1.72. The summed E-state index contributed by atoms with van der Waals surface area (Å²) in [7, 11) is 1.50. The molecule has 1 aromatic carbocycles. The Morgan fingerprint density at radius 2 is 1.78 bits per heavy atom. The second kappa shape index (κ2) is 5.53. The second-order valence-electron chi connectivity index (χ2n) is 4.02. The van der Waals surface area contributed by atoms with Crippen molar-refractivity contribution < 1.29 is 29.5 Å². The fraction of sp³-hybridized carbons (Fsp3) is 0.500. The summed E-state index contributed by atoms with van der Waals surface area (Å²) in [5, 5.41) is 28.6. The quantitative estimate of drug-likeness (QED) is 0.676. The summed E-state index contributed by atoms with van der Waals surface area (Å²) in [5.41, 5.74) is 0. The molecule has 0 aromatic heterocycles. The van der Waals surface area contributed by atoms with Crippen LogP contribution < -0.4 is 9.47 Å². The minimum Gasteiger partial charge on any atom is -0.493 e. The van der Waals surface area contributed by atoms with E-state index in [-0.39, 0.29) is 6.61 Å². The Bertz CT molecular complexity index is 396. The third kappa shape index (κ3) is 2.56. The molecule has 6 nitrogen and oxygen atoms in total. The number of hydrogen-bond donors (Lipinski definition) is 3. The van der Waals surface area contributed by atoms with Crippen LogP contribution in [0.25, 0.3) is 0 Å². The van der Waals surface area contributed by atoms with E-state index in [0.717, 1.165) is 0 Å². The van der Waals surface area contributed by atoms with Crippen LogP contribution in [0.15, 0.2) is 24.3 Å². The van der Waals surface area contributed by atoms with Crippen molar-refractivity contribution in [2.45, 2.75) is 24.6 Å². The van der Waals surface area contributed by atoms with Gasteiger partial charge in [-0.15, -0.1) is 0 Å². The molecule has 100 valence electrons. The van der Waals surface area contributed by atoms with Gasteiger partial charge in [-0.2, -0.15) is 0 Å². The number of methoxy groups -OCH3 is 1. The lowest BCUT2D eigenvalue weighted by molar-refractivity contribution is -0.242. The highest BCUT2D eigenvalue weighted by Crippen LogP contribution is 2.29. The summed E-state index contributed by atoms with van der Waals surface area (Å²) in [5.74, 6) is 0.890. The standard InChI is InChI=1S/C12H16O6/c1-16-8-4-2-3-5-9(8)18-12-11(15)10(14)7(13)6-17-12/h2-5,7,10-15H,6H2,1H3/t7-,10-,11+,12-/m1/s1. The normalized spacial score (nSPS) is 32.0. The van der Waals surface area contributed by atoms with Gasteiger partial charge in [-0.05, 0) is 12.1 Å². The molecule has 0 unspecified atom stereocenters. The Morgan fingerprint density at radius 3 is 2.44 bits per heavy atom. The maximum Gasteiger partial charge on any atom is 0.229 e. The summed E-state index contributed by atoms with van der Waals surface area (Å²) >= 11 is 0. The zero-order valence-corrected chi connectivity index (χ0v) is 9.89. The Balaban J connectivity index is 2.09. The molecule has 18 heavy (non-hydrogen) atoms. The number of ether oxygens (including phenoxy) is 3. The van der Waals surface area contributed by atoms with Crippen molar-refractivity contribution in [3.8, 4) is 11.5 Å². The van der Waals surface area contributed by atoms with Crippen LogP contribution in [-0.4, -0.2) is 53.6 Å². The highest BCUT2D eigenvalue weighted by Gasteiger charge is 2.39. The number of benzene rings is 1. The summed E-state index contributed by atoms with van der Waals surface area (Å²) < 4.78 is 15.7. The minimum atomic E-state index is -1.32. The average molecular weight is 256 g/mol. The molecular weight excluding hydrogens is 240 g/mol. The van der Waals surface area contributed by atoms with Crippen LogP contribution in [0.2, 0.25) is 0 Å². The Morgan fingerprint density at radius 1 is 1.11 bits per heavy atom. The van der Waals surface area contributed by atoms with Crippen LogP contribution >= 0.6 is 0 Å². The number of para-hydroxylation sites is 2. The van der Waals surface area contributed by atoms with Crippen LogP contribution in [0.1, 0.15) is 0 Å². The van der Waals surface area contributed by atoms with Crippen LogP contribution in [0.5, 0.6) is 11.5 Å². The van der Waals surface area contributed by atoms with Gasteiger partial charge in [0.05, 0.1) is 13.7 Å². The lowest BCUT2D eigenvalue weighted by atomic mass is 10.1. The lowest BCUT2D eigenvalue weighted by Crippen LogP contribution is -2.54. The molecule has 0 bridgehead atoms. The number of hydrogen-bond acceptors (Lipinski definition) is 6. The number of rotatable bonds is 3. The van der Waals surface area contributed by atoms with Crippen molar-refractivity contribution in [3.63, 3.8) is 0 Å². The third-order valence-corrected chi connectivity index (χ3v) is 2.77. The molecule has 1 aromatic rings. The molecule has 0 spiro atoms. The third-order valence-electron chi connectivity index (χ3n) is 2.77. The summed E-state index contributed by atoms with van der Waals surface area (Å²) in [4.78, 5) is 0. The molecule has 0 saturated carbocycles. The van der Waals surface area contributed by atoms with Gasteiger partial charge in [0.1, 0.15) is 18.3 Å². The first kappa shape index (κ1) is 13.1. The van der Waals surface area contributed by atoms with Gasteiger partial charge < -0.3 is 29.5 Å². The lowest BCUT2D eigenvalue weighted by Gasteiger charge is -2.35. The molecule has 1 saturated heterocycles. The highest BCUT2D eigenvalue weighted by molar-refractivity contribution is 5.39. The first-order valence-corrected chi connectivity index (χ1v) is 5.59. The van der Waals surface area contributed by atoms with Crippen molar-refractivity contribution in [3.05, 3.63) is 24.3 Å². The van der Waals surface area contributed by atoms with E-state index in [1.165, 1.54) is 7.11 Å². The molecule has 1 aliphatic rings. The van der Waals surface area contributed by atoms with Gasteiger partial charge in [-0.25, -0.2) is 0 Å². The average Bonchev–Trinajstić information content (AvgIpc) is 2.40. The maximum atomic E-state index is 9.73. The first-order chi connectivity index (χ1) is 8.63. The molecule has 2 rings (SSSR count). The molecule has 6 heteroatoms. The van der Waals surface area contributed by atoms with Crippen LogP contribution in [-0.2, 0) is 4.74 Å². The van der Waals surface area contributed by atoms with Crippen molar-refractivity contribution >= 4 is 0 Å². The van der Waals surface area contributed by atoms with Crippen molar-refractivity contribution in [2.24, 2.45) is 0 Å². The van der Waals surface area contributed by atoms with Gasteiger partial charge in [-0.3, -0.25) is 0 Å². The predicted octanol–water partition coefficient (Wildman–Crippen LogP) is -0.487. The topological polar surface area (TPSA) is 88.4 Å². The molecule has 0 aliphatic carbocycles. The minimum absolute atomic E-state index is 0.0992. The summed E-state index contributed by atoms with van der Waals surface area (Å²) in [6.45, 7) is -0.0992. The van der Waals surface area contributed by atoms with Gasteiger partial charge in [0.25, 0.3) is 0 Å². The van der Waals surface area contributed by atoms with Crippen molar-refractivity contribution in [2.75, 3.05) is 13.7 Å². The monoisotopic (exact) mass is 256 g/mol. The SMILES string of the molecule is COc1ccccc1O[C@H]1OC[C@@H](O)[C@@H](O)[C@@H]1O. The van der Waals surface area contributed by atoms with Gasteiger partial charge in [0, 0.05) is 0 Å². The Hall–Kier alpha value is -1.34. The van der Waals surface area contributed by atoms with Gasteiger partial charge in [-0.1, -0.05) is 12.1 Å². The van der Waals surface area contributed by atoms with E-state index >= 15 is 0 Å². The zero-order chi connectivity index (χ0) is 13.1. The second-order valence-corrected chi connectivity index (χ2v) is 4.02. The van der Waals surface area contributed by atoms with E-state index < -0.39 is 24.6 Å². The Kier molecular flexibility index (Phi) is 4.03. The maximum absolute atomic E-state index is 9.73. The molecule has 1 fully saturated rings. The molecule has 0 amide bonds. The number of aliphatic hydroxyl groups is 3. The van der Waals surface area contributed by atoms with E-state index in [2.05, 4.69) is 0 Å². The van der Waals surface area contributed by atoms with Gasteiger partial charge in [0.2, 0.25) is 6.29 Å². The highest BCUT2D eigenvalue weighted by atomic mass is 16.7. The molecule has 4 atom stereocenters. The van der Waals surface area contributed by atoms with Gasteiger partial charge in [0.15, 0.2) is 11.5 Å². The first-order valence-electron chi connectivity index (χ1n) is 5.59. The fourth-order valence-electron chi connectivity index (χ4n) is 1.72. The van der Waals surface area contributed by atoms with E-state index in [1.807, 2.05) is 0 Å². The van der Waals surface area contributed by atoms with E-state index in [4.69, 9.17) is 14.2 Å². The van der Waals surface area contributed by atoms with Gasteiger partial charge >= 0.3 is 0 Å². The Labute approximate surface area is 104 Å². The van der Waals surface area contributed by atoms with E-state index in [0.29, 0.717) is 11.5 Å². The van der Waals surface area contributed by atoms with E-state index in [1.54, 1.807) is 24.3 Å². The van der Waals surface area contributed by atoms with Crippen LogP contribution in [0.4, 0.5) is 0 Å². The predicted molar refractivity (Wildman–Crippen MR) is 61.4 cm³/mol. The van der Waals surface area contributed by atoms with Crippen LogP contribution in [0, 0.1) is 0 Å². The molecule has 0 radical (unpaired) electrons. The molecule has 3 N–H and O–H groups in total. The number of aliphatic hydroxyl groups excluding tert-OH is 3. The smallest absolute Gasteiger partial charge is 0.229 e. The van der Waals surface area contributed by atoms with E-state index in [9.17, 15) is 15.3 Å². The molecule has 1 heterocycles. The zero-order valence-electron chi connectivity index (χ0n) is 9.89. The van der Waals surface area contributed by atoms with Crippen molar-refractivity contribution in [1.82, 2.24) is 0 Å². The summed E-state index contributed by atoms with van der Waals surface area (Å²) in [6.07, 6.45) is -4.77. The van der Waals surface area contributed by atoms with Crippen LogP contribution in [0.3, 0.4) is 0 Å². The van der Waals surface area contributed by atoms with Crippen molar-refractivity contribution in [1.29, 1.82) is 0 Å². The molecule has 1 aliphatic heterocycles. The summed E-state index contributed by atoms with van der Waals surface area (Å²) in [6, 6.07) is 6.89. The largest absolute Gasteiger partial charge is 0.493 e. The molecular formula is C12H16O6.